The Balaban J connectivity index is 2.00. The van der Waals surface area contributed by atoms with Gasteiger partial charge in [0.05, 0.1) is 17.6 Å². The molecule has 3 rings (SSSR count). The van der Waals surface area contributed by atoms with Crippen molar-refractivity contribution in [1.82, 2.24) is 19.7 Å². The Labute approximate surface area is 124 Å². The standard InChI is InChI=1S/C16H19N5/c1-11-5-7-13(8-6-11)12(2)20(3)15-14-9-19-21(4)16(14)18-10-17-15/h5-10,12H,1-4H3. The lowest BCUT2D eigenvalue weighted by Gasteiger charge is -2.26. The highest BCUT2D eigenvalue weighted by Gasteiger charge is 2.17. The van der Waals surface area contributed by atoms with E-state index in [1.807, 2.05) is 13.2 Å². The molecule has 0 aliphatic carbocycles. The quantitative estimate of drug-likeness (QED) is 0.740. The molecule has 108 valence electrons. The van der Waals surface area contributed by atoms with E-state index in [1.165, 1.54) is 11.1 Å². The fourth-order valence-corrected chi connectivity index (χ4v) is 2.48. The predicted molar refractivity (Wildman–Crippen MR) is 84.3 cm³/mol. The van der Waals surface area contributed by atoms with Gasteiger partial charge in [-0.05, 0) is 19.4 Å². The predicted octanol–water partition coefficient (Wildman–Crippen LogP) is 2.87. The summed E-state index contributed by atoms with van der Waals surface area (Å²) in [7, 11) is 3.95. The van der Waals surface area contributed by atoms with Crippen LogP contribution in [0.25, 0.3) is 11.0 Å². The van der Waals surface area contributed by atoms with Crippen molar-refractivity contribution in [2.75, 3.05) is 11.9 Å². The topological polar surface area (TPSA) is 46.8 Å². The van der Waals surface area contributed by atoms with E-state index < -0.39 is 0 Å². The van der Waals surface area contributed by atoms with Gasteiger partial charge in [0.15, 0.2) is 5.65 Å². The summed E-state index contributed by atoms with van der Waals surface area (Å²) in [6, 6.07) is 8.83. The van der Waals surface area contributed by atoms with E-state index >= 15 is 0 Å². The van der Waals surface area contributed by atoms with E-state index in [0.717, 1.165) is 16.9 Å². The Bertz CT molecular complexity index is 760. The number of hydrogen-bond acceptors (Lipinski definition) is 4. The Morgan fingerprint density at radius 3 is 2.57 bits per heavy atom. The normalized spacial score (nSPS) is 12.6. The first-order valence-electron chi connectivity index (χ1n) is 7.00. The summed E-state index contributed by atoms with van der Waals surface area (Å²) in [4.78, 5) is 10.9. The van der Waals surface area contributed by atoms with Gasteiger partial charge in [-0.15, -0.1) is 0 Å². The van der Waals surface area contributed by atoms with Crippen molar-refractivity contribution in [1.29, 1.82) is 0 Å². The highest BCUT2D eigenvalue weighted by molar-refractivity contribution is 5.86. The third-order valence-corrected chi connectivity index (χ3v) is 3.98. The largest absolute Gasteiger partial charge is 0.352 e. The smallest absolute Gasteiger partial charge is 0.163 e. The summed E-state index contributed by atoms with van der Waals surface area (Å²) in [6.45, 7) is 4.27. The molecule has 0 N–H and O–H groups in total. The van der Waals surface area contributed by atoms with Crippen LogP contribution in [0.4, 0.5) is 5.82 Å². The molecular formula is C16H19N5. The number of hydrogen-bond donors (Lipinski definition) is 0. The average molecular weight is 281 g/mol. The Morgan fingerprint density at radius 2 is 1.86 bits per heavy atom. The van der Waals surface area contributed by atoms with Crippen LogP contribution in [0.1, 0.15) is 24.1 Å². The van der Waals surface area contributed by atoms with Crippen LogP contribution in [0, 0.1) is 6.92 Å². The third kappa shape index (κ3) is 2.35. The van der Waals surface area contributed by atoms with Crippen molar-refractivity contribution in [2.45, 2.75) is 19.9 Å². The fraction of sp³-hybridized carbons (Fsp3) is 0.312. The zero-order valence-electron chi connectivity index (χ0n) is 12.8. The SMILES string of the molecule is Cc1ccc(C(C)N(C)c2ncnc3c2cnn3C)cc1. The maximum Gasteiger partial charge on any atom is 0.163 e. The molecule has 2 heterocycles. The molecule has 2 aromatic heterocycles. The average Bonchev–Trinajstić information content (AvgIpc) is 2.88. The molecule has 1 unspecified atom stereocenters. The second kappa shape index (κ2) is 5.16. The van der Waals surface area contributed by atoms with Crippen LogP contribution < -0.4 is 4.90 Å². The lowest BCUT2D eigenvalue weighted by atomic mass is 10.1. The number of rotatable bonds is 3. The van der Waals surface area contributed by atoms with E-state index in [9.17, 15) is 0 Å². The van der Waals surface area contributed by atoms with Crippen molar-refractivity contribution in [2.24, 2.45) is 7.05 Å². The van der Waals surface area contributed by atoms with Crippen molar-refractivity contribution in [3.05, 3.63) is 47.9 Å². The van der Waals surface area contributed by atoms with E-state index in [1.54, 1.807) is 11.0 Å². The Morgan fingerprint density at radius 1 is 1.14 bits per heavy atom. The van der Waals surface area contributed by atoms with Crippen LogP contribution in [-0.2, 0) is 7.05 Å². The molecule has 21 heavy (non-hydrogen) atoms. The fourth-order valence-electron chi connectivity index (χ4n) is 2.48. The van der Waals surface area contributed by atoms with Gasteiger partial charge in [0, 0.05) is 14.1 Å². The number of benzene rings is 1. The zero-order chi connectivity index (χ0) is 15.0. The highest BCUT2D eigenvalue weighted by Crippen LogP contribution is 2.28. The molecule has 1 aromatic carbocycles. The van der Waals surface area contributed by atoms with Gasteiger partial charge in [0.25, 0.3) is 0 Å². The summed E-state index contributed by atoms with van der Waals surface area (Å²) in [5, 5.41) is 5.24. The first kappa shape index (κ1) is 13.5. The van der Waals surface area contributed by atoms with Crippen molar-refractivity contribution in [3.63, 3.8) is 0 Å². The second-order valence-electron chi connectivity index (χ2n) is 5.40. The molecule has 0 amide bonds. The highest BCUT2D eigenvalue weighted by atomic mass is 15.3. The van der Waals surface area contributed by atoms with Crippen LogP contribution in [0.15, 0.2) is 36.8 Å². The van der Waals surface area contributed by atoms with Crippen molar-refractivity contribution in [3.8, 4) is 0 Å². The van der Waals surface area contributed by atoms with E-state index in [-0.39, 0.29) is 6.04 Å². The van der Waals surface area contributed by atoms with Gasteiger partial charge in [0.2, 0.25) is 0 Å². The van der Waals surface area contributed by atoms with Crippen molar-refractivity contribution < 1.29 is 0 Å². The first-order valence-corrected chi connectivity index (χ1v) is 7.00. The summed E-state index contributed by atoms with van der Waals surface area (Å²) < 4.78 is 1.77. The Kier molecular flexibility index (Phi) is 3.33. The minimum atomic E-state index is 0.226. The van der Waals surface area contributed by atoms with Crippen LogP contribution in [0.5, 0.6) is 0 Å². The van der Waals surface area contributed by atoms with Gasteiger partial charge in [-0.1, -0.05) is 29.8 Å². The molecule has 5 nitrogen and oxygen atoms in total. The molecule has 3 aromatic rings. The third-order valence-electron chi connectivity index (χ3n) is 3.98. The molecule has 0 saturated carbocycles. The minimum Gasteiger partial charge on any atom is -0.352 e. The summed E-state index contributed by atoms with van der Waals surface area (Å²) in [5.74, 6) is 0.904. The Hall–Kier alpha value is -2.43. The molecule has 0 aliphatic rings. The van der Waals surface area contributed by atoms with E-state index in [2.05, 4.69) is 65.1 Å². The van der Waals surface area contributed by atoms with Gasteiger partial charge >= 0.3 is 0 Å². The number of nitrogens with zero attached hydrogens (tertiary/aromatic N) is 5. The van der Waals surface area contributed by atoms with E-state index in [0.29, 0.717) is 0 Å². The second-order valence-corrected chi connectivity index (χ2v) is 5.40. The molecule has 0 spiro atoms. The first-order chi connectivity index (χ1) is 10.1. The molecule has 0 bridgehead atoms. The summed E-state index contributed by atoms with van der Waals surface area (Å²) in [5.41, 5.74) is 3.38. The molecule has 0 fully saturated rings. The molecule has 0 aliphatic heterocycles. The number of aromatic nitrogens is 4. The van der Waals surface area contributed by atoms with Crippen molar-refractivity contribution >= 4 is 16.9 Å². The molecular weight excluding hydrogens is 262 g/mol. The number of fused-ring (bicyclic) bond motifs is 1. The maximum absolute atomic E-state index is 4.45. The summed E-state index contributed by atoms with van der Waals surface area (Å²) in [6.07, 6.45) is 3.42. The summed E-state index contributed by atoms with van der Waals surface area (Å²) >= 11 is 0. The van der Waals surface area contributed by atoms with Gasteiger partial charge in [-0.25, -0.2) is 9.97 Å². The van der Waals surface area contributed by atoms with Crippen LogP contribution in [0.3, 0.4) is 0 Å². The molecule has 0 radical (unpaired) electrons. The molecule has 1 atom stereocenters. The van der Waals surface area contributed by atoms with Gasteiger partial charge < -0.3 is 4.90 Å². The van der Waals surface area contributed by atoms with Gasteiger partial charge in [-0.3, -0.25) is 4.68 Å². The van der Waals surface area contributed by atoms with Crippen LogP contribution >= 0.6 is 0 Å². The van der Waals surface area contributed by atoms with Gasteiger partial charge in [-0.2, -0.15) is 5.10 Å². The van der Waals surface area contributed by atoms with Gasteiger partial charge in [0.1, 0.15) is 12.1 Å². The van der Waals surface area contributed by atoms with E-state index in [4.69, 9.17) is 0 Å². The lowest BCUT2D eigenvalue weighted by molar-refractivity contribution is 0.730. The monoisotopic (exact) mass is 281 g/mol. The minimum absolute atomic E-state index is 0.226. The maximum atomic E-state index is 4.45. The van der Waals surface area contributed by atoms with Crippen LogP contribution in [0.2, 0.25) is 0 Å². The lowest BCUT2D eigenvalue weighted by Crippen LogP contribution is -2.23. The zero-order valence-corrected chi connectivity index (χ0v) is 12.8. The molecule has 0 saturated heterocycles. The molecule has 5 heteroatoms. The van der Waals surface area contributed by atoms with Crippen LogP contribution in [-0.4, -0.2) is 26.8 Å². The number of aryl methyl sites for hydroxylation is 2. The number of anilines is 1.